The summed E-state index contributed by atoms with van der Waals surface area (Å²) < 4.78 is 16.4. The molecule has 2 heterocycles. The molecule has 0 N–H and O–H groups in total. The monoisotopic (exact) mass is 419 g/mol. The molecule has 0 aliphatic carbocycles. The van der Waals surface area contributed by atoms with Crippen LogP contribution in [0.5, 0.6) is 0 Å². The molecule has 2 aromatic carbocycles. The molecule has 6 heteroatoms. The molecule has 31 heavy (non-hydrogen) atoms. The van der Waals surface area contributed by atoms with Gasteiger partial charge in [-0.15, -0.1) is 0 Å². The summed E-state index contributed by atoms with van der Waals surface area (Å²) in [6, 6.07) is 19.6. The van der Waals surface area contributed by atoms with E-state index in [2.05, 4.69) is 4.57 Å². The van der Waals surface area contributed by atoms with Crippen LogP contribution < -0.4 is 0 Å². The van der Waals surface area contributed by atoms with Crippen molar-refractivity contribution in [3.05, 3.63) is 95.6 Å². The molecule has 0 radical (unpaired) electrons. The first-order chi connectivity index (χ1) is 15.1. The fourth-order valence-electron chi connectivity index (χ4n) is 4.22. The number of carbonyl (C=O) groups is 2. The van der Waals surface area contributed by atoms with Crippen molar-refractivity contribution in [1.29, 1.82) is 0 Å². The van der Waals surface area contributed by atoms with E-state index in [1.165, 1.54) is 17.0 Å². The Hall–Kier alpha value is -3.41. The number of benzene rings is 2. The molecule has 160 valence electrons. The van der Waals surface area contributed by atoms with E-state index in [1.807, 2.05) is 60.5 Å². The summed E-state index contributed by atoms with van der Waals surface area (Å²) in [5.41, 5.74) is 2.07. The third-order valence-corrected chi connectivity index (χ3v) is 5.69. The summed E-state index contributed by atoms with van der Waals surface area (Å²) in [5.74, 6) is -1.16. The number of hydrogen-bond acceptors (Lipinski definition) is 2. The van der Waals surface area contributed by atoms with Crippen LogP contribution in [0.25, 0.3) is 0 Å². The lowest BCUT2D eigenvalue weighted by atomic mass is 10.00. The number of halogens is 1. The van der Waals surface area contributed by atoms with Crippen LogP contribution in [-0.4, -0.2) is 45.8 Å². The van der Waals surface area contributed by atoms with Crippen LogP contribution in [0.15, 0.2) is 72.9 Å². The standard InChI is InChI=1S/C25H26FN3O2/c1-2-14-28(25(31)20-11-6-7-12-21(20)26)18-23(30)29-17-16-27-15-8-13-22(27)24(29)19-9-4-3-5-10-19/h3-13,15,24H,2,14,16-18H2,1H3. The number of amides is 2. The van der Waals surface area contributed by atoms with Crippen LogP contribution in [0.4, 0.5) is 4.39 Å². The molecule has 0 fully saturated rings. The average molecular weight is 420 g/mol. The van der Waals surface area contributed by atoms with Crippen molar-refractivity contribution >= 4 is 11.8 Å². The van der Waals surface area contributed by atoms with Gasteiger partial charge in [-0.3, -0.25) is 9.59 Å². The minimum atomic E-state index is -0.570. The van der Waals surface area contributed by atoms with Crippen LogP contribution in [0, 0.1) is 5.82 Å². The van der Waals surface area contributed by atoms with Gasteiger partial charge >= 0.3 is 0 Å². The fraction of sp³-hybridized carbons (Fsp3) is 0.280. The summed E-state index contributed by atoms with van der Waals surface area (Å²) in [5, 5.41) is 0. The van der Waals surface area contributed by atoms with E-state index in [4.69, 9.17) is 0 Å². The summed E-state index contributed by atoms with van der Waals surface area (Å²) in [6.07, 6.45) is 2.70. The highest BCUT2D eigenvalue weighted by Gasteiger charge is 2.33. The van der Waals surface area contributed by atoms with Gasteiger partial charge in [-0.25, -0.2) is 4.39 Å². The summed E-state index contributed by atoms with van der Waals surface area (Å²) in [7, 11) is 0. The van der Waals surface area contributed by atoms with Crippen molar-refractivity contribution in [3.8, 4) is 0 Å². The smallest absolute Gasteiger partial charge is 0.257 e. The zero-order chi connectivity index (χ0) is 21.8. The highest BCUT2D eigenvalue weighted by molar-refractivity contribution is 5.96. The zero-order valence-electron chi connectivity index (χ0n) is 17.6. The van der Waals surface area contributed by atoms with Gasteiger partial charge in [0.15, 0.2) is 0 Å². The molecule has 1 unspecified atom stereocenters. The Morgan fingerprint density at radius 3 is 2.48 bits per heavy atom. The lowest BCUT2D eigenvalue weighted by Gasteiger charge is -2.38. The Kier molecular flexibility index (Phi) is 6.16. The summed E-state index contributed by atoms with van der Waals surface area (Å²) >= 11 is 0. The zero-order valence-corrected chi connectivity index (χ0v) is 17.6. The summed E-state index contributed by atoms with van der Waals surface area (Å²) in [4.78, 5) is 29.7. The van der Waals surface area contributed by atoms with Gasteiger partial charge < -0.3 is 14.4 Å². The van der Waals surface area contributed by atoms with Gasteiger partial charge in [-0.1, -0.05) is 49.4 Å². The van der Waals surface area contributed by atoms with Crippen molar-refractivity contribution in [1.82, 2.24) is 14.4 Å². The lowest BCUT2D eigenvalue weighted by molar-refractivity contribution is -0.134. The Morgan fingerprint density at radius 1 is 1.00 bits per heavy atom. The highest BCUT2D eigenvalue weighted by Crippen LogP contribution is 2.32. The number of nitrogens with zero attached hydrogens (tertiary/aromatic N) is 3. The quantitative estimate of drug-likeness (QED) is 0.604. The molecule has 4 rings (SSSR count). The van der Waals surface area contributed by atoms with Gasteiger partial charge in [0.1, 0.15) is 12.4 Å². The molecule has 0 saturated carbocycles. The van der Waals surface area contributed by atoms with E-state index in [9.17, 15) is 14.0 Å². The van der Waals surface area contributed by atoms with Crippen molar-refractivity contribution in [2.45, 2.75) is 25.9 Å². The Balaban J connectivity index is 1.61. The second-order valence-corrected chi connectivity index (χ2v) is 7.73. The predicted molar refractivity (Wildman–Crippen MR) is 117 cm³/mol. The maximum absolute atomic E-state index is 14.2. The molecule has 1 aromatic heterocycles. The summed E-state index contributed by atoms with van der Waals surface area (Å²) in [6.45, 7) is 3.50. The van der Waals surface area contributed by atoms with Crippen LogP contribution in [-0.2, 0) is 11.3 Å². The van der Waals surface area contributed by atoms with Gasteiger partial charge in [-0.2, -0.15) is 0 Å². The molecule has 0 saturated heterocycles. The van der Waals surface area contributed by atoms with Gasteiger partial charge in [0.25, 0.3) is 5.91 Å². The van der Waals surface area contributed by atoms with E-state index < -0.39 is 11.7 Å². The van der Waals surface area contributed by atoms with Crippen molar-refractivity contribution in [2.24, 2.45) is 0 Å². The number of hydrogen-bond donors (Lipinski definition) is 0. The number of rotatable bonds is 6. The molecule has 0 spiro atoms. The maximum atomic E-state index is 14.2. The maximum Gasteiger partial charge on any atom is 0.257 e. The van der Waals surface area contributed by atoms with Crippen molar-refractivity contribution in [3.63, 3.8) is 0 Å². The van der Waals surface area contributed by atoms with Crippen LogP contribution in [0.3, 0.4) is 0 Å². The minimum Gasteiger partial charge on any atom is -0.348 e. The third-order valence-electron chi connectivity index (χ3n) is 5.69. The van der Waals surface area contributed by atoms with E-state index in [0.29, 0.717) is 26.1 Å². The lowest BCUT2D eigenvalue weighted by Crippen LogP contribution is -2.48. The molecular formula is C25H26FN3O2. The second-order valence-electron chi connectivity index (χ2n) is 7.73. The first-order valence-corrected chi connectivity index (χ1v) is 10.6. The van der Waals surface area contributed by atoms with E-state index in [0.717, 1.165) is 11.3 Å². The van der Waals surface area contributed by atoms with Gasteiger partial charge in [0, 0.05) is 31.5 Å². The molecule has 1 atom stereocenters. The highest BCUT2D eigenvalue weighted by atomic mass is 19.1. The average Bonchev–Trinajstić information content (AvgIpc) is 3.27. The molecular weight excluding hydrogens is 393 g/mol. The molecule has 1 aliphatic heterocycles. The number of aromatic nitrogens is 1. The van der Waals surface area contributed by atoms with E-state index in [1.54, 1.807) is 12.1 Å². The first-order valence-electron chi connectivity index (χ1n) is 10.6. The first kappa shape index (κ1) is 20.8. The van der Waals surface area contributed by atoms with Gasteiger partial charge in [0.2, 0.25) is 5.91 Å². The van der Waals surface area contributed by atoms with Gasteiger partial charge in [0.05, 0.1) is 11.6 Å². The molecule has 1 aliphatic rings. The van der Waals surface area contributed by atoms with Gasteiger partial charge in [-0.05, 0) is 36.2 Å². The SMILES string of the molecule is CCCN(CC(=O)N1CCn2cccc2C1c1ccccc1)C(=O)c1ccccc1F. The predicted octanol–water partition coefficient (Wildman–Crippen LogP) is 4.11. The fourth-order valence-corrected chi connectivity index (χ4v) is 4.22. The number of carbonyl (C=O) groups excluding carboxylic acids is 2. The number of fused-ring (bicyclic) bond motifs is 1. The topological polar surface area (TPSA) is 45.6 Å². The molecule has 0 bridgehead atoms. The minimum absolute atomic E-state index is 0.00381. The second kappa shape index (κ2) is 9.16. The van der Waals surface area contributed by atoms with E-state index in [-0.39, 0.29) is 24.1 Å². The van der Waals surface area contributed by atoms with Crippen LogP contribution in [0.2, 0.25) is 0 Å². The van der Waals surface area contributed by atoms with Crippen LogP contribution >= 0.6 is 0 Å². The molecule has 2 amide bonds. The third kappa shape index (κ3) is 4.24. The normalized spacial score (nSPS) is 15.4. The molecule has 5 nitrogen and oxygen atoms in total. The molecule has 3 aromatic rings. The van der Waals surface area contributed by atoms with Crippen LogP contribution in [0.1, 0.15) is 41.0 Å². The largest absolute Gasteiger partial charge is 0.348 e. The van der Waals surface area contributed by atoms with Crippen molar-refractivity contribution in [2.75, 3.05) is 19.6 Å². The Labute approximate surface area is 181 Å². The Bertz CT molecular complexity index is 1060. The Morgan fingerprint density at radius 2 is 1.74 bits per heavy atom. The van der Waals surface area contributed by atoms with E-state index >= 15 is 0 Å². The van der Waals surface area contributed by atoms with Crippen molar-refractivity contribution < 1.29 is 14.0 Å².